The molecule has 0 radical (unpaired) electrons. The number of pyridine rings is 1. The van der Waals surface area contributed by atoms with Gasteiger partial charge in [0.2, 0.25) is 0 Å². The third kappa shape index (κ3) is 1.90. The SMILES string of the molecule is NCc1cccn2cc(-c3ccc(Br)s3)nc12. The summed E-state index contributed by atoms with van der Waals surface area (Å²) in [5.41, 5.74) is 8.70. The van der Waals surface area contributed by atoms with Crippen molar-refractivity contribution < 1.29 is 0 Å². The van der Waals surface area contributed by atoms with Crippen molar-refractivity contribution in [3.8, 4) is 10.6 Å². The molecule has 0 aliphatic rings. The third-order valence-electron chi connectivity index (χ3n) is 2.61. The predicted molar refractivity (Wildman–Crippen MR) is 74.1 cm³/mol. The Kier molecular flexibility index (Phi) is 2.74. The van der Waals surface area contributed by atoms with E-state index in [0.29, 0.717) is 6.54 Å². The van der Waals surface area contributed by atoms with Gasteiger partial charge in [-0.15, -0.1) is 11.3 Å². The molecule has 0 bridgehead atoms. The lowest BCUT2D eigenvalue weighted by Crippen LogP contribution is -1.99. The van der Waals surface area contributed by atoms with Gasteiger partial charge in [-0.2, -0.15) is 0 Å². The first kappa shape index (κ1) is 11.0. The largest absolute Gasteiger partial charge is 0.326 e. The molecule has 3 nitrogen and oxygen atoms in total. The molecule has 17 heavy (non-hydrogen) atoms. The average Bonchev–Trinajstić information content (AvgIpc) is 2.93. The van der Waals surface area contributed by atoms with Gasteiger partial charge in [-0.3, -0.25) is 0 Å². The van der Waals surface area contributed by atoms with Crippen LogP contribution in [0.2, 0.25) is 0 Å². The van der Waals surface area contributed by atoms with Crippen molar-refractivity contribution in [3.05, 3.63) is 46.0 Å². The zero-order chi connectivity index (χ0) is 11.8. The highest BCUT2D eigenvalue weighted by Crippen LogP contribution is 2.31. The second kappa shape index (κ2) is 4.25. The molecule has 3 heterocycles. The van der Waals surface area contributed by atoms with E-state index in [1.807, 2.05) is 35.0 Å². The van der Waals surface area contributed by atoms with Gasteiger partial charge in [0, 0.05) is 24.5 Å². The third-order valence-corrected chi connectivity index (χ3v) is 4.26. The smallest absolute Gasteiger partial charge is 0.141 e. The van der Waals surface area contributed by atoms with Gasteiger partial charge < -0.3 is 10.1 Å². The number of imidazole rings is 1. The number of hydrogen-bond donors (Lipinski definition) is 1. The second-order valence-electron chi connectivity index (χ2n) is 3.70. The highest BCUT2D eigenvalue weighted by atomic mass is 79.9. The summed E-state index contributed by atoms with van der Waals surface area (Å²) in [6, 6.07) is 8.11. The molecular formula is C12H10BrN3S. The zero-order valence-corrected chi connectivity index (χ0v) is 11.3. The Balaban J connectivity index is 2.19. The summed E-state index contributed by atoms with van der Waals surface area (Å²) in [5.74, 6) is 0. The lowest BCUT2D eigenvalue weighted by molar-refractivity contribution is 1.04. The average molecular weight is 308 g/mol. The van der Waals surface area contributed by atoms with Crippen molar-refractivity contribution in [2.24, 2.45) is 5.73 Å². The fourth-order valence-corrected chi connectivity index (χ4v) is 3.14. The van der Waals surface area contributed by atoms with Crippen molar-refractivity contribution in [2.75, 3.05) is 0 Å². The number of nitrogens with zero attached hydrogens (tertiary/aromatic N) is 2. The Bertz CT molecular complexity index is 671. The minimum absolute atomic E-state index is 0.509. The topological polar surface area (TPSA) is 43.3 Å². The summed E-state index contributed by atoms with van der Waals surface area (Å²) in [6.45, 7) is 0.509. The summed E-state index contributed by atoms with van der Waals surface area (Å²) in [7, 11) is 0. The number of thiophene rings is 1. The van der Waals surface area contributed by atoms with Crippen LogP contribution < -0.4 is 5.73 Å². The molecule has 2 N–H and O–H groups in total. The fraction of sp³-hybridized carbons (Fsp3) is 0.0833. The molecular weight excluding hydrogens is 298 g/mol. The Morgan fingerprint density at radius 1 is 1.35 bits per heavy atom. The molecule has 0 saturated carbocycles. The van der Waals surface area contributed by atoms with Gasteiger partial charge in [-0.1, -0.05) is 6.07 Å². The van der Waals surface area contributed by atoms with Gasteiger partial charge >= 0.3 is 0 Å². The molecule has 86 valence electrons. The molecule has 5 heteroatoms. The van der Waals surface area contributed by atoms with Crippen molar-refractivity contribution >= 4 is 32.9 Å². The van der Waals surface area contributed by atoms with E-state index >= 15 is 0 Å². The van der Waals surface area contributed by atoms with Crippen LogP contribution in [0.1, 0.15) is 5.56 Å². The van der Waals surface area contributed by atoms with Crippen molar-refractivity contribution in [2.45, 2.75) is 6.54 Å². The quantitative estimate of drug-likeness (QED) is 0.789. The van der Waals surface area contributed by atoms with E-state index < -0.39 is 0 Å². The van der Waals surface area contributed by atoms with Crippen LogP contribution in [0, 0.1) is 0 Å². The molecule has 0 aromatic carbocycles. The van der Waals surface area contributed by atoms with Crippen LogP contribution in [0.15, 0.2) is 40.4 Å². The summed E-state index contributed by atoms with van der Waals surface area (Å²) in [6.07, 6.45) is 4.03. The molecule has 0 fully saturated rings. The molecule has 0 spiro atoms. The van der Waals surface area contributed by atoms with Crippen LogP contribution in [0.25, 0.3) is 16.2 Å². The molecule has 3 aromatic rings. The van der Waals surface area contributed by atoms with Crippen LogP contribution in [-0.4, -0.2) is 9.38 Å². The van der Waals surface area contributed by atoms with Crippen molar-refractivity contribution in [3.63, 3.8) is 0 Å². The molecule has 0 saturated heterocycles. The summed E-state index contributed by atoms with van der Waals surface area (Å²) < 4.78 is 3.13. The van der Waals surface area contributed by atoms with Crippen LogP contribution in [-0.2, 0) is 6.54 Å². The summed E-state index contributed by atoms with van der Waals surface area (Å²) in [4.78, 5) is 5.80. The summed E-state index contributed by atoms with van der Waals surface area (Å²) in [5, 5.41) is 0. The van der Waals surface area contributed by atoms with Gasteiger partial charge in [0.25, 0.3) is 0 Å². The van der Waals surface area contributed by atoms with E-state index in [-0.39, 0.29) is 0 Å². The maximum atomic E-state index is 5.71. The van der Waals surface area contributed by atoms with Crippen LogP contribution in [0.5, 0.6) is 0 Å². The molecule has 0 aliphatic carbocycles. The van der Waals surface area contributed by atoms with Crippen LogP contribution in [0.3, 0.4) is 0 Å². The van der Waals surface area contributed by atoms with Gasteiger partial charge in [0.05, 0.1) is 14.4 Å². The standard InChI is InChI=1S/C12H10BrN3S/c13-11-4-3-10(17-11)9-7-16-5-1-2-8(6-14)12(16)15-9/h1-5,7H,6,14H2. The number of rotatable bonds is 2. The monoisotopic (exact) mass is 307 g/mol. The first-order valence-electron chi connectivity index (χ1n) is 5.20. The number of nitrogens with two attached hydrogens (primary N) is 1. The molecule has 3 rings (SSSR count). The Labute approximate surface area is 111 Å². The molecule has 3 aromatic heterocycles. The van der Waals surface area contributed by atoms with Crippen LogP contribution >= 0.6 is 27.3 Å². The number of aromatic nitrogens is 2. The first-order valence-corrected chi connectivity index (χ1v) is 6.81. The first-order chi connectivity index (χ1) is 8.28. The lowest BCUT2D eigenvalue weighted by Gasteiger charge is -1.97. The fourth-order valence-electron chi connectivity index (χ4n) is 1.80. The highest BCUT2D eigenvalue weighted by Gasteiger charge is 2.08. The van der Waals surface area contributed by atoms with E-state index in [0.717, 1.165) is 25.6 Å². The lowest BCUT2D eigenvalue weighted by atomic mass is 10.3. The Morgan fingerprint density at radius 2 is 2.24 bits per heavy atom. The molecule has 0 aliphatic heterocycles. The predicted octanol–water partition coefficient (Wildman–Crippen LogP) is 3.28. The van der Waals surface area contributed by atoms with Gasteiger partial charge in [0.15, 0.2) is 0 Å². The number of hydrogen-bond acceptors (Lipinski definition) is 3. The molecule has 0 atom stereocenters. The van der Waals surface area contributed by atoms with Crippen LogP contribution in [0.4, 0.5) is 0 Å². The van der Waals surface area contributed by atoms with E-state index in [4.69, 9.17) is 5.73 Å². The van der Waals surface area contributed by atoms with Gasteiger partial charge in [-0.25, -0.2) is 4.98 Å². The Hall–Kier alpha value is -1.17. The maximum absolute atomic E-state index is 5.71. The van der Waals surface area contributed by atoms with Gasteiger partial charge in [0.1, 0.15) is 5.65 Å². The number of halogens is 1. The molecule has 0 unspecified atom stereocenters. The van der Waals surface area contributed by atoms with Crippen molar-refractivity contribution in [1.82, 2.24) is 9.38 Å². The van der Waals surface area contributed by atoms with E-state index in [1.165, 1.54) is 0 Å². The Morgan fingerprint density at radius 3 is 2.94 bits per heavy atom. The maximum Gasteiger partial charge on any atom is 0.141 e. The highest BCUT2D eigenvalue weighted by molar-refractivity contribution is 9.11. The van der Waals surface area contributed by atoms with E-state index in [1.54, 1.807) is 11.3 Å². The summed E-state index contributed by atoms with van der Waals surface area (Å²) >= 11 is 5.14. The van der Waals surface area contributed by atoms with E-state index in [9.17, 15) is 0 Å². The minimum atomic E-state index is 0.509. The minimum Gasteiger partial charge on any atom is -0.326 e. The van der Waals surface area contributed by atoms with Crippen molar-refractivity contribution in [1.29, 1.82) is 0 Å². The zero-order valence-electron chi connectivity index (χ0n) is 8.93. The van der Waals surface area contributed by atoms with Gasteiger partial charge in [-0.05, 0) is 34.1 Å². The number of fused-ring (bicyclic) bond motifs is 1. The van der Waals surface area contributed by atoms with E-state index in [2.05, 4.69) is 27.0 Å². The second-order valence-corrected chi connectivity index (χ2v) is 6.16. The molecule has 0 amide bonds. The normalized spacial score (nSPS) is 11.2.